The highest BCUT2D eigenvalue weighted by atomic mass is 16.5. The van der Waals surface area contributed by atoms with Crippen LogP contribution in [0.25, 0.3) is 11.1 Å². The summed E-state index contributed by atoms with van der Waals surface area (Å²) >= 11 is 0. The molecule has 4 rings (SSSR count). The second-order valence-corrected chi connectivity index (χ2v) is 9.28. The van der Waals surface area contributed by atoms with Crippen molar-refractivity contribution in [3.8, 4) is 11.1 Å². The molecule has 0 radical (unpaired) electrons. The van der Waals surface area contributed by atoms with E-state index in [4.69, 9.17) is 9.84 Å². The number of fused-ring (bicyclic) bond motifs is 3. The average molecular weight is 465 g/mol. The Hall–Kier alpha value is -3.35. The van der Waals surface area contributed by atoms with Crippen molar-refractivity contribution in [2.45, 2.75) is 63.5 Å². The van der Waals surface area contributed by atoms with Crippen LogP contribution < -0.4 is 10.6 Å². The summed E-state index contributed by atoms with van der Waals surface area (Å²) in [6.45, 7) is 2.29. The Morgan fingerprint density at radius 3 is 2.24 bits per heavy atom. The van der Waals surface area contributed by atoms with Crippen LogP contribution in [0.2, 0.25) is 0 Å². The first-order valence-corrected chi connectivity index (χ1v) is 12.1. The van der Waals surface area contributed by atoms with Gasteiger partial charge in [0.15, 0.2) is 0 Å². The zero-order valence-electron chi connectivity index (χ0n) is 19.5. The van der Waals surface area contributed by atoms with Crippen LogP contribution in [-0.2, 0) is 14.3 Å². The highest BCUT2D eigenvalue weighted by Crippen LogP contribution is 2.44. The lowest BCUT2D eigenvalue weighted by molar-refractivity contribution is -0.146. The molecule has 0 aromatic heterocycles. The van der Waals surface area contributed by atoms with E-state index in [1.807, 2.05) is 24.3 Å². The normalized spacial score (nSPS) is 19.3. The van der Waals surface area contributed by atoms with Crippen LogP contribution in [0.4, 0.5) is 4.79 Å². The summed E-state index contributed by atoms with van der Waals surface area (Å²) in [6, 6.07) is 15.9. The van der Waals surface area contributed by atoms with Crippen molar-refractivity contribution in [2.75, 3.05) is 6.61 Å². The molecule has 3 N–H and O–H groups in total. The van der Waals surface area contributed by atoms with Crippen molar-refractivity contribution in [1.29, 1.82) is 0 Å². The van der Waals surface area contributed by atoms with Crippen LogP contribution >= 0.6 is 0 Å². The number of benzene rings is 2. The van der Waals surface area contributed by atoms with Gasteiger partial charge in [-0.15, -0.1) is 0 Å². The van der Waals surface area contributed by atoms with E-state index in [1.54, 1.807) is 0 Å². The number of alkyl carbamates (subject to hydrolysis) is 1. The molecule has 7 nitrogen and oxygen atoms in total. The first kappa shape index (κ1) is 23.8. The molecule has 0 bridgehead atoms. The second kappa shape index (κ2) is 10.7. The summed E-state index contributed by atoms with van der Waals surface area (Å²) in [5, 5.41) is 14.8. The van der Waals surface area contributed by atoms with Crippen molar-refractivity contribution >= 4 is 18.0 Å². The monoisotopic (exact) mass is 464 g/mol. The molecule has 7 heteroatoms. The van der Waals surface area contributed by atoms with E-state index in [0.717, 1.165) is 24.0 Å². The molecule has 34 heavy (non-hydrogen) atoms. The van der Waals surface area contributed by atoms with Gasteiger partial charge in [0.1, 0.15) is 6.61 Å². The summed E-state index contributed by atoms with van der Waals surface area (Å²) in [6.07, 6.45) is 3.06. The Kier molecular flexibility index (Phi) is 7.50. The third-order valence-electron chi connectivity index (χ3n) is 6.86. The number of carboxylic acids is 1. The van der Waals surface area contributed by atoms with E-state index in [9.17, 15) is 14.4 Å². The fourth-order valence-corrected chi connectivity index (χ4v) is 4.93. The zero-order chi connectivity index (χ0) is 24.1. The Morgan fingerprint density at radius 1 is 1.03 bits per heavy atom. The summed E-state index contributed by atoms with van der Waals surface area (Å²) in [4.78, 5) is 36.1. The lowest BCUT2D eigenvalue weighted by atomic mass is 9.80. The van der Waals surface area contributed by atoms with Gasteiger partial charge in [-0.05, 0) is 41.5 Å². The summed E-state index contributed by atoms with van der Waals surface area (Å²) < 4.78 is 5.64. The van der Waals surface area contributed by atoms with E-state index in [0.29, 0.717) is 19.3 Å². The number of hydrogen-bond acceptors (Lipinski definition) is 4. The van der Waals surface area contributed by atoms with E-state index in [2.05, 4.69) is 41.8 Å². The third kappa shape index (κ3) is 5.41. The Labute approximate surface area is 199 Å². The Bertz CT molecular complexity index is 1000. The van der Waals surface area contributed by atoms with Crippen molar-refractivity contribution in [2.24, 2.45) is 5.92 Å². The number of nitrogens with one attached hydrogen (secondary N) is 2. The maximum atomic E-state index is 12.7. The average Bonchev–Trinajstić information content (AvgIpc) is 3.11. The van der Waals surface area contributed by atoms with Crippen LogP contribution in [0.1, 0.15) is 62.5 Å². The number of carbonyl (C=O) groups excluding carboxylic acids is 2. The first-order valence-electron chi connectivity index (χ1n) is 12.1. The van der Waals surface area contributed by atoms with E-state index < -0.39 is 12.1 Å². The predicted octanol–water partition coefficient (Wildman–Crippen LogP) is 4.45. The van der Waals surface area contributed by atoms with Crippen LogP contribution in [-0.4, -0.2) is 41.8 Å². The second-order valence-electron chi connectivity index (χ2n) is 9.28. The lowest BCUT2D eigenvalue weighted by Crippen LogP contribution is -2.48. The molecule has 2 amide bonds. The molecule has 0 aliphatic heterocycles. The molecule has 1 atom stereocenters. The SMILES string of the molecule is CCCC[C@H](CC(=O)NC1CC(C(=O)O)C1)NC(=O)OCC1c2ccccc2-c2ccccc21. The number of unbranched alkanes of at least 4 members (excludes halogenated alkanes) is 1. The van der Waals surface area contributed by atoms with Gasteiger partial charge in [-0.2, -0.15) is 0 Å². The molecule has 0 saturated heterocycles. The summed E-state index contributed by atoms with van der Waals surface area (Å²) in [5.41, 5.74) is 4.65. The summed E-state index contributed by atoms with van der Waals surface area (Å²) in [5.74, 6) is -1.38. The number of carboxylic acid groups (broad SMARTS) is 1. The molecule has 2 aliphatic rings. The quantitative estimate of drug-likeness (QED) is 0.482. The van der Waals surface area contributed by atoms with Crippen molar-refractivity contribution in [3.05, 3.63) is 59.7 Å². The molecule has 1 saturated carbocycles. The number of rotatable bonds is 10. The largest absolute Gasteiger partial charge is 0.481 e. The molecule has 2 aromatic rings. The van der Waals surface area contributed by atoms with Crippen LogP contribution in [0.3, 0.4) is 0 Å². The fraction of sp³-hybridized carbons (Fsp3) is 0.444. The Morgan fingerprint density at radius 2 is 1.65 bits per heavy atom. The van der Waals surface area contributed by atoms with Crippen molar-refractivity contribution < 1.29 is 24.2 Å². The molecule has 180 valence electrons. The van der Waals surface area contributed by atoms with Gasteiger partial charge in [0, 0.05) is 24.4 Å². The smallest absolute Gasteiger partial charge is 0.407 e. The molecule has 1 fully saturated rings. The lowest BCUT2D eigenvalue weighted by Gasteiger charge is -2.33. The minimum absolute atomic E-state index is 0.0173. The fourth-order valence-electron chi connectivity index (χ4n) is 4.93. The van der Waals surface area contributed by atoms with Crippen molar-refractivity contribution in [1.82, 2.24) is 10.6 Å². The standard InChI is InChI=1S/C27H32N2O5/c1-2-3-8-18(15-25(30)28-19-13-17(14-19)26(31)32)29-27(33)34-16-24-22-11-6-4-9-20(22)21-10-5-7-12-23(21)24/h4-7,9-12,17-19,24H,2-3,8,13-16H2,1H3,(H,28,30)(H,29,33)(H,31,32)/t17?,18-,19?/m1/s1. The van der Waals surface area contributed by atoms with E-state index >= 15 is 0 Å². The molecule has 0 spiro atoms. The van der Waals surface area contributed by atoms with Gasteiger partial charge in [-0.25, -0.2) is 4.79 Å². The molecule has 2 aromatic carbocycles. The maximum absolute atomic E-state index is 12.7. The number of aliphatic carboxylic acids is 1. The van der Waals surface area contributed by atoms with E-state index in [-0.39, 0.29) is 42.9 Å². The zero-order valence-corrected chi connectivity index (χ0v) is 19.5. The number of carbonyl (C=O) groups is 3. The number of amides is 2. The minimum Gasteiger partial charge on any atom is -0.481 e. The Balaban J connectivity index is 1.31. The summed E-state index contributed by atoms with van der Waals surface area (Å²) in [7, 11) is 0. The topological polar surface area (TPSA) is 105 Å². The van der Waals surface area contributed by atoms with Gasteiger partial charge >= 0.3 is 12.1 Å². The van der Waals surface area contributed by atoms with Crippen LogP contribution in [0, 0.1) is 5.92 Å². The van der Waals surface area contributed by atoms with Gasteiger partial charge in [-0.1, -0.05) is 68.3 Å². The van der Waals surface area contributed by atoms with Crippen molar-refractivity contribution in [3.63, 3.8) is 0 Å². The third-order valence-corrected chi connectivity index (χ3v) is 6.86. The predicted molar refractivity (Wildman–Crippen MR) is 128 cm³/mol. The molecular weight excluding hydrogens is 432 g/mol. The van der Waals surface area contributed by atoms with Gasteiger partial charge < -0.3 is 20.5 Å². The highest BCUT2D eigenvalue weighted by Gasteiger charge is 2.35. The van der Waals surface area contributed by atoms with Gasteiger partial charge in [0.2, 0.25) is 5.91 Å². The van der Waals surface area contributed by atoms with E-state index in [1.165, 1.54) is 11.1 Å². The first-order chi connectivity index (χ1) is 16.5. The van der Waals surface area contributed by atoms with Gasteiger partial charge in [0.05, 0.1) is 5.92 Å². The van der Waals surface area contributed by atoms with Crippen LogP contribution in [0.5, 0.6) is 0 Å². The number of ether oxygens (including phenoxy) is 1. The minimum atomic E-state index is -0.816. The molecule has 0 heterocycles. The maximum Gasteiger partial charge on any atom is 0.407 e. The van der Waals surface area contributed by atoms with Gasteiger partial charge in [-0.3, -0.25) is 9.59 Å². The van der Waals surface area contributed by atoms with Gasteiger partial charge in [0.25, 0.3) is 0 Å². The molecule has 2 aliphatic carbocycles. The number of hydrogen-bond donors (Lipinski definition) is 3. The highest BCUT2D eigenvalue weighted by molar-refractivity contribution is 5.80. The molecular formula is C27H32N2O5. The van der Waals surface area contributed by atoms with Crippen LogP contribution in [0.15, 0.2) is 48.5 Å². The molecule has 0 unspecified atom stereocenters.